The van der Waals surface area contributed by atoms with Crippen molar-refractivity contribution in [3.63, 3.8) is 0 Å². The molecule has 2 aliphatic heterocycles. The molecule has 5 heteroatoms. The number of hydrogen-bond donors (Lipinski definition) is 0. The predicted molar refractivity (Wildman–Crippen MR) is 95.3 cm³/mol. The van der Waals surface area contributed by atoms with E-state index in [4.69, 9.17) is 11.6 Å². The average molecular weight is 347 g/mol. The maximum atomic E-state index is 13.0. The van der Waals surface area contributed by atoms with Crippen molar-refractivity contribution in [1.29, 1.82) is 0 Å². The Morgan fingerprint density at radius 2 is 1.79 bits per heavy atom. The molecule has 1 saturated heterocycles. The molecule has 128 valence electrons. The van der Waals surface area contributed by atoms with Crippen LogP contribution in [-0.2, 0) is 9.59 Å². The lowest BCUT2D eigenvalue weighted by Gasteiger charge is -2.33. The minimum absolute atomic E-state index is 0.160. The molecule has 2 aliphatic rings. The van der Waals surface area contributed by atoms with Gasteiger partial charge in [0, 0.05) is 24.2 Å². The third-order valence-corrected chi connectivity index (χ3v) is 4.97. The fraction of sp³-hybridized carbons (Fsp3) is 0.474. The van der Waals surface area contributed by atoms with Gasteiger partial charge in [-0.15, -0.1) is 0 Å². The van der Waals surface area contributed by atoms with Gasteiger partial charge in [-0.3, -0.25) is 14.5 Å². The average Bonchev–Trinajstić information content (AvgIpc) is 2.79. The van der Waals surface area contributed by atoms with Gasteiger partial charge in [-0.05, 0) is 50.3 Å². The Morgan fingerprint density at radius 3 is 2.38 bits per heavy atom. The number of benzene rings is 1. The number of halogens is 1. The first-order valence-electron chi connectivity index (χ1n) is 8.53. The van der Waals surface area contributed by atoms with Gasteiger partial charge in [0.15, 0.2) is 0 Å². The molecule has 1 atom stereocenters. The second-order valence-electron chi connectivity index (χ2n) is 7.00. The van der Waals surface area contributed by atoms with Gasteiger partial charge in [0.25, 0.3) is 11.8 Å². The zero-order valence-corrected chi connectivity index (χ0v) is 15.1. The van der Waals surface area contributed by atoms with Crippen molar-refractivity contribution in [3.05, 3.63) is 40.5 Å². The van der Waals surface area contributed by atoms with E-state index in [1.807, 2.05) is 26.0 Å². The van der Waals surface area contributed by atoms with Crippen molar-refractivity contribution in [1.82, 2.24) is 9.80 Å². The molecule has 0 aromatic heterocycles. The summed E-state index contributed by atoms with van der Waals surface area (Å²) in [6, 6.07) is 7.00. The molecular formula is C19H23ClN2O2. The molecule has 0 radical (unpaired) electrons. The molecule has 4 nitrogen and oxygen atoms in total. The molecule has 0 aliphatic carbocycles. The minimum atomic E-state index is -0.203. The fourth-order valence-corrected chi connectivity index (χ4v) is 3.69. The van der Waals surface area contributed by atoms with Crippen molar-refractivity contribution in [2.24, 2.45) is 5.92 Å². The number of imide groups is 1. The fourth-order valence-electron chi connectivity index (χ4n) is 3.57. The Morgan fingerprint density at radius 1 is 1.12 bits per heavy atom. The lowest BCUT2D eigenvalue weighted by atomic mass is 9.98. The smallest absolute Gasteiger partial charge is 0.278 e. The van der Waals surface area contributed by atoms with E-state index in [1.165, 1.54) is 4.90 Å². The van der Waals surface area contributed by atoms with Crippen LogP contribution in [0.3, 0.4) is 0 Å². The van der Waals surface area contributed by atoms with Crippen LogP contribution in [0.4, 0.5) is 0 Å². The molecular weight excluding hydrogens is 324 g/mol. The number of carbonyl (C=O) groups excluding carboxylic acids is 2. The highest BCUT2D eigenvalue weighted by atomic mass is 35.5. The Bertz CT molecular complexity index is 694. The van der Waals surface area contributed by atoms with Crippen molar-refractivity contribution in [2.75, 3.05) is 13.1 Å². The number of likely N-dealkylation sites (tertiary alicyclic amines) is 1. The summed E-state index contributed by atoms with van der Waals surface area (Å²) in [4.78, 5) is 29.4. The lowest BCUT2D eigenvalue weighted by molar-refractivity contribution is -0.139. The third-order valence-electron chi connectivity index (χ3n) is 4.71. The molecule has 1 aromatic carbocycles. The molecule has 2 amide bonds. The highest BCUT2D eigenvalue weighted by Crippen LogP contribution is 2.35. The van der Waals surface area contributed by atoms with E-state index in [0.717, 1.165) is 31.5 Å². The molecule has 0 spiro atoms. The lowest BCUT2D eigenvalue weighted by Crippen LogP contribution is -2.41. The van der Waals surface area contributed by atoms with Crippen LogP contribution in [0.25, 0.3) is 5.57 Å². The molecule has 3 rings (SSSR count). The van der Waals surface area contributed by atoms with E-state index in [2.05, 4.69) is 11.8 Å². The highest BCUT2D eigenvalue weighted by molar-refractivity contribution is 6.36. The van der Waals surface area contributed by atoms with Crippen molar-refractivity contribution < 1.29 is 9.59 Å². The number of nitrogens with zero attached hydrogens (tertiary/aromatic N) is 2. The minimum Gasteiger partial charge on any atom is -0.366 e. The van der Waals surface area contributed by atoms with Crippen LogP contribution >= 0.6 is 11.6 Å². The molecule has 1 aromatic rings. The van der Waals surface area contributed by atoms with Gasteiger partial charge in [0.1, 0.15) is 5.70 Å². The van der Waals surface area contributed by atoms with Crippen LogP contribution in [0, 0.1) is 5.92 Å². The summed E-state index contributed by atoms with van der Waals surface area (Å²) in [5.74, 6) is 0.147. The summed E-state index contributed by atoms with van der Waals surface area (Å²) < 4.78 is 0. The van der Waals surface area contributed by atoms with E-state index >= 15 is 0 Å². The molecule has 0 bridgehead atoms. The van der Waals surface area contributed by atoms with Gasteiger partial charge in [0.2, 0.25) is 0 Å². The van der Waals surface area contributed by atoms with Crippen molar-refractivity contribution in [3.8, 4) is 0 Å². The topological polar surface area (TPSA) is 40.6 Å². The van der Waals surface area contributed by atoms with Crippen LogP contribution < -0.4 is 0 Å². The van der Waals surface area contributed by atoms with Gasteiger partial charge in [-0.1, -0.05) is 30.7 Å². The summed E-state index contributed by atoms with van der Waals surface area (Å²) in [7, 11) is 0. The number of rotatable bonds is 3. The molecule has 1 unspecified atom stereocenters. The van der Waals surface area contributed by atoms with E-state index in [-0.39, 0.29) is 17.9 Å². The van der Waals surface area contributed by atoms with E-state index in [1.54, 1.807) is 12.1 Å². The molecule has 1 fully saturated rings. The predicted octanol–water partition coefficient (Wildman–Crippen LogP) is 3.56. The molecule has 24 heavy (non-hydrogen) atoms. The monoisotopic (exact) mass is 346 g/mol. The van der Waals surface area contributed by atoms with Gasteiger partial charge < -0.3 is 4.90 Å². The van der Waals surface area contributed by atoms with Gasteiger partial charge in [0.05, 0.1) is 5.57 Å². The van der Waals surface area contributed by atoms with Crippen LogP contribution in [-0.4, -0.2) is 40.7 Å². The Balaban J connectivity index is 2.10. The van der Waals surface area contributed by atoms with Crippen LogP contribution in [0.2, 0.25) is 5.02 Å². The quantitative estimate of drug-likeness (QED) is 0.786. The first-order chi connectivity index (χ1) is 11.4. The molecule has 2 heterocycles. The number of amides is 2. The normalized spacial score (nSPS) is 22.1. The van der Waals surface area contributed by atoms with Crippen molar-refractivity contribution >= 4 is 29.0 Å². The van der Waals surface area contributed by atoms with Crippen LogP contribution in [0.15, 0.2) is 30.0 Å². The second kappa shape index (κ2) is 6.60. The number of carbonyl (C=O) groups is 2. The summed E-state index contributed by atoms with van der Waals surface area (Å²) in [6.45, 7) is 7.57. The largest absolute Gasteiger partial charge is 0.366 e. The zero-order chi connectivity index (χ0) is 17.4. The van der Waals surface area contributed by atoms with Crippen LogP contribution in [0.5, 0.6) is 0 Å². The highest BCUT2D eigenvalue weighted by Gasteiger charge is 2.43. The Hall–Kier alpha value is -1.81. The first kappa shape index (κ1) is 17.0. The van der Waals surface area contributed by atoms with E-state index in [9.17, 15) is 9.59 Å². The van der Waals surface area contributed by atoms with Gasteiger partial charge >= 0.3 is 0 Å². The van der Waals surface area contributed by atoms with Gasteiger partial charge in [-0.25, -0.2) is 0 Å². The van der Waals surface area contributed by atoms with Crippen molar-refractivity contribution in [2.45, 2.75) is 39.7 Å². The first-order valence-corrected chi connectivity index (χ1v) is 8.91. The third kappa shape index (κ3) is 2.95. The van der Waals surface area contributed by atoms with Gasteiger partial charge in [-0.2, -0.15) is 0 Å². The Labute approximate surface area is 148 Å². The number of piperidine rings is 1. The van der Waals surface area contributed by atoms with E-state index in [0.29, 0.717) is 22.2 Å². The number of hydrogen-bond acceptors (Lipinski definition) is 3. The van der Waals surface area contributed by atoms with Crippen LogP contribution in [0.1, 0.15) is 39.2 Å². The summed E-state index contributed by atoms with van der Waals surface area (Å²) in [5.41, 5.74) is 1.83. The maximum absolute atomic E-state index is 13.0. The summed E-state index contributed by atoms with van der Waals surface area (Å²) in [5, 5.41) is 0.616. The van der Waals surface area contributed by atoms with E-state index < -0.39 is 0 Å². The standard InChI is InChI=1S/C19H23ClN2O2/c1-12(2)22-18(23)16(14-6-8-15(20)9-7-14)17(19(22)24)21-10-4-5-13(3)11-21/h6-9,12-13H,4-5,10-11H2,1-3H3. The maximum Gasteiger partial charge on any atom is 0.278 e. The molecule has 0 N–H and O–H groups in total. The Kier molecular flexibility index (Phi) is 4.68. The zero-order valence-electron chi connectivity index (χ0n) is 14.4. The second-order valence-corrected chi connectivity index (χ2v) is 7.43. The summed E-state index contributed by atoms with van der Waals surface area (Å²) in [6.07, 6.45) is 2.21. The summed E-state index contributed by atoms with van der Waals surface area (Å²) >= 11 is 5.98. The molecule has 0 saturated carbocycles. The SMILES string of the molecule is CC1CCCN(C2=C(c3ccc(Cl)cc3)C(=O)N(C(C)C)C2=O)C1.